The molecule has 0 atom stereocenters. The number of carboxylic acids is 1. The SMILES string of the molecule is O=C(O)c1[nH]n2c(nc3ccccc32)c1N=Nc1cccc(S(=O)(=O)O)c1. The maximum Gasteiger partial charge on any atom is 0.356 e. The van der Waals surface area contributed by atoms with Gasteiger partial charge in [0.1, 0.15) is 0 Å². The number of imidazole rings is 1. The molecule has 27 heavy (non-hydrogen) atoms. The van der Waals surface area contributed by atoms with Crippen molar-refractivity contribution >= 4 is 44.1 Å². The number of fused-ring (bicyclic) bond motifs is 3. The van der Waals surface area contributed by atoms with Gasteiger partial charge >= 0.3 is 5.97 Å². The second-order valence-corrected chi connectivity index (χ2v) is 6.99. The predicted molar refractivity (Wildman–Crippen MR) is 94.4 cm³/mol. The molecule has 3 N–H and O–H groups in total. The minimum absolute atomic E-state index is 0.00374. The number of aromatic amines is 1. The highest BCUT2D eigenvalue weighted by atomic mass is 32.2. The molecule has 136 valence electrons. The van der Waals surface area contributed by atoms with Crippen molar-refractivity contribution in [1.29, 1.82) is 0 Å². The highest BCUT2D eigenvalue weighted by molar-refractivity contribution is 7.85. The van der Waals surface area contributed by atoms with Crippen LogP contribution in [0.3, 0.4) is 0 Å². The van der Waals surface area contributed by atoms with E-state index in [9.17, 15) is 18.3 Å². The van der Waals surface area contributed by atoms with Gasteiger partial charge in [0.15, 0.2) is 17.0 Å². The molecule has 11 heteroatoms. The summed E-state index contributed by atoms with van der Waals surface area (Å²) in [6.07, 6.45) is 0. The molecule has 2 aromatic carbocycles. The van der Waals surface area contributed by atoms with Crippen molar-refractivity contribution in [1.82, 2.24) is 14.6 Å². The third-order valence-corrected chi connectivity index (χ3v) is 4.68. The number of aromatic nitrogens is 3. The van der Waals surface area contributed by atoms with Gasteiger partial charge < -0.3 is 5.11 Å². The van der Waals surface area contributed by atoms with E-state index in [1.54, 1.807) is 24.3 Å². The molecule has 0 aliphatic heterocycles. The standard InChI is InChI=1S/C16H11N5O5S/c22-16(23)14-13(15-17-11-6-1-2-7-12(11)21(15)20-14)19-18-9-4-3-5-10(8-9)27(24,25)26/h1-8,20H,(H,22,23)(H,24,25,26). The van der Waals surface area contributed by atoms with Crippen LogP contribution in [0.15, 0.2) is 63.7 Å². The lowest BCUT2D eigenvalue weighted by Crippen LogP contribution is -1.98. The topological polar surface area (TPSA) is 149 Å². The summed E-state index contributed by atoms with van der Waals surface area (Å²) in [5.41, 5.74) is 1.49. The average Bonchev–Trinajstić information content (AvgIpc) is 3.16. The van der Waals surface area contributed by atoms with Gasteiger partial charge in [-0.15, -0.1) is 5.11 Å². The van der Waals surface area contributed by atoms with Crippen molar-refractivity contribution in [3.63, 3.8) is 0 Å². The summed E-state index contributed by atoms with van der Waals surface area (Å²) in [6, 6.07) is 12.3. The van der Waals surface area contributed by atoms with Crippen LogP contribution in [-0.2, 0) is 10.1 Å². The third-order valence-electron chi connectivity index (χ3n) is 3.83. The molecule has 0 bridgehead atoms. The number of H-pyrrole nitrogens is 1. The van der Waals surface area contributed by atoms with Crippen LogP contribution in [0.5, 0.6) is 0 Å². The highest BCUT2D eigenvalue weighted by Crippen LogP contribution is 2.30. The number of para-hydroxylation sites is 2. The second-order valence-electron chi connectivity index (χ2n) is 5.57. The first-order valence-electron chi connectivity index (χ1n) is 7.56. The Balaban J connectivity index is 1.87. The van der Waals surface area contributed by atoms with E-state index in [2.05, 4.69) is 20.3 Å². The van der Waals surface area contributed by atoms with E-state index in [4.69, 9.17) is 4.55 Å². The number of aromatic carboxylic acids is 1. The van der Waals surface area contributed by atoms with Crippen molar-refractivity contribution in [3.8, 4) is 0 Å². The van der Waals surface area contributed by atoms with E-state index >= 15 is 0 Å². The summed E-state index contributed by atoms with van der Waals surface area (Å²) >= 11 is 0. The molecule has 0 saturated carbocycles. The van der Waals surface area contributed by atoms with Crippen LogP contribution in [-0.4, -0.2) is 38.6 Å². The first-order chi connectivity index (χ1) is 12.8. The fourth-order valence-electron chi connectivity index (χ4n) is 2.63. The van der Waals surface area contributed by atoms with E-state index < -0.39 is 16.1 Å². The summed E-state index contributed by atoms with van der Waals surface area (Å²) in [6.45, 7) is 0. The molecule has 10 nitrogen and oxygen atoms in total. The lowest BCUT2D eigenvalue weighted by atomic mass is 10.3. The Morgan fingerprint density at radius 1 is 1.11 bits per heavy atom. The molecule has 2 aromatic heterocycles. The Kier molecular flexibility index (Phi) is 3.75. The monoisotopic (exact) mass is 385 g/mol. The van der Waals surface area contributed by atoms with Gasteiger partial charge in [-0.25, -0.2) is 14.3 Å². The summed E-state index contributed by atoms with van der Waals surface area (Å²) < 4.78 is 33.0. The Hall–Kier alpha value is -3.57. The molecule has 0 amide bonds. The number of carboxylic acid groups (broad SMARTS) is 1. The number of azo groups is 1. The molecule has 4 rings (SSSR count). The molecule has 0 aliphatic rings. The zero-order valence-corrected chi connectivity index (χ0v) is 14.3. The smallest absolute Gasteiger partial charge is 0.356 e. The zero-order chi connectivity index (χ0) is 19.2. The van der Waals surface area contributed by atoms with Crippen molar-refractivity contribution in [3.05, 3.63) is 54.2 Å². The fourth-order valence-corrected chi connectivity index (χ4v) is 3.15. The normalized spacial score (nSPS) is 12.3. The Morgan fingerprint density at radius 2 is 1.89 bits per heavy atom. The predicted octanol–water partition coefficient (Wildman–Crippen LogP) is 3.18. The van der Waals surface area contributed by atoms with Crippen LogP contribution in [0.4, 0.5) is 11.4 Å². The van der Waals surface area contributed by atoms with Gasteiger partial charge in [0.2, 0.25) is 0 Å². The van der Waals surface area contributed by atoms with E-state index in [0.717, 1.165) is 6.07 Å². The average molecular weight is 385 g/mol. The summed E-state index contributed by atoms with van der Waals surface area (Å²) in [7, 11) is -4.39. The van der Waals surface area contributed by atoms with Crippen LogP contribution in [0.2, 0.25) is 0 Å². The highest BCUT2D eigenvalue weighted by Gasteiger charge is 2.21. The van der Waals surface area contributed by atoms with Gasteiger partial charge in [-0.3, -0.25) is 9.65 Å². The van der Waals surface area contributed by atoms with Gasteiger partial charge in [-0.05, 0) is 30.3 Å². The summed E-state index contributed by atoms with van der Waals surface area (Å²) in [4.78, 5) is 15.6. The van der Waals surface area contributed by atoms with Crippen molar-refractivity contribution in [2.24, 2.45) is 10.2 Å². The number of carbonyl (C=O) groups is 1. The molecule has 0 fully saturated rings. The lowest BCUT2D eigenvalue weighted by Gasteiger charge is -1.97. The molecule has 0 spiro atoms. The Morgan fingerprint density at radius 3 is 2.63 bits per heavy atom. The van der Waals surface area contributed by atoms with Crippen LogP contribution >= 0.6 is 0 Å². The van der Waals surface area contributed by atoms with Crippen molar-refractivity contribution in [2.75, 3.05) is 0 Å². The first kappa shape index (κ1) is 16.9. The molecule has 0 radical (unpaired) electrons. The zero-order valence-electron chi connectivity index (χ0n) is 13.4. The number of hydrogen-bond donors (Lipinski definition) is 3. The van der Waals surface area contributed by atoms with E-state index in [1.165, 1.54) is 22.7 Å². The molecule has 0 saturated heterocycles. The first-order valence-corrected chi connectivity index (χ1v) is 9.00. The molecular weight excluding hydrogens is 374 g/mol. The van der Waals surface area contributed by atoms with Crippen LogP contribution in [0, 0.1) is 0 Å². The fraction of sp³-hybridized carbons (Fsp3) is 0. The number of rotatable bonds is 4. The second kappa shape index (κ2) is 6.00. The van der Waals surface area contributed by atoms with Crippen molar-refractivity contribution < 1.29 is 22.9 Å². The van der Waals surface area contributed by atoms with Gasteiger partial charge in [-0.2, -0.15) is 13.5 Å². The maximum absolute atomic E-state index is 11.5. The molecular formula is C16H11N5O5S. The Bertz CT molecular complexity index is 1340. The number of nitrogens with one attached hydrogen (secondary N) is 1. The molecule has 2 heterocycles. The summed E-state index contributed by atoms with van der Waals surface area (Å²) in [5, 5.41) is 20.0. The number of nitrogens with zero attached hydrogens (tertiary/aromatic N) is 4. The van der Waals surface area contributed by atoms with E-state index in [0.29, 0.717) is 11.0 Å². The number of hydrogen-bond acceptors (Lipinski definition) is 6. The Labute approximate surface area is 151 Å². The lowest BCUT2D eigenvalue weighted by molar-refractivity contribution is 0.0691. The van der Waals surface area contributed by atoms with E-state index in [1.807, 2.05) is 0 Å². The van der Waals surface area contributed by atoms with Gasteiger partial charge in [0.25, 0.3) is 10.1 Å². The van der Waals surface area contributed by atoms with Crippen LogP contribution in [0.25, 0.3) is 16.7 Å². The largest absolute Gasteiger partial charge is 0.476 e. The quantitative estimate of drug-likeness (QED) is 0.363. The van der Waals surface area contributed by atoms with Crippen LogP contribution in [0.1, 0.15) is 10.5 Å². The molecule has 0 aliphatic carbocycles. The van der Waals surface area contributed by atoms with Crippen LogP contribution < -0.4 is 0 Å². The maximum atomic E-state index is 11.5. The van der Waals surface area contributed by atoms with Gasteiger partial charge in [0.05, 0.1) is 21.6 Å². The minimum atomic E-state index is -4.39. The van der Waals surface area contributed by atoms with Crippen molar-refractivity contribution in [2.45, 2.75) is 4.90 Å². The van der Waals surface area contributed by atoms with Gasteiger partial charge in [-0.1, -0.05) is 18.2 Å². The minimum Gasteiger partial charge on any atom is -0.476 e. The summed E-state index contributed by atoms with van der Waals surface area (Å²) in [5.74, 6) is -1.25. The molecule has 0 unspecified atom stereocenters. The number of benzene rings is 2. The van der Waals surface area contributed by atoms with Gasteiger partial charge in [0, 0.05) is 0 Å². The van der Waals surface area contributed by atoms with E-state index in [-0.39, 0.29) is 27.6 Å². The third kappa shape index (κ3) is 2.94. The molecule has 4 aromatic rings.